The molecule has 0 spiro atoms. The Kier molecular flexibility index (Phi) is 6.85. The number of thioether (sulfide) groups is 1. The van der Waals surface area contributed by atoms with Crippen LogP contribution < -0.4 is 10.9 Å². The maximum Gasteiger partial charge on any atom is 0.262 e. The van der Waals surface area contributed by atoms with Crippen molar-refractivity contribution in [2.45, 2.75) is 25.5 Å². The van der Waals surface area contributed by atoms with Gasteiger partial charge in [0.15, 0.2) is 5.16 Å². The summed E-state index contributed by atoms with van der Waals surface area (Å²) in [5.41, 5.74) is 2.53. The Morgan fingerprint density at radius 2 is 2.03 bits per heavy atom. The lowest BCUT2D eigenvalue weighted by atomic mass is 10.2. The number of carbonyl (C=O) groups is 1. The number of carbonyl (C=O) groups excluding carboxylic acids is 1. The van der Waals surface area contributed by atoms with Crippen LogP contribution in [0.1, 0.15) is 16.8 Å². The van der Waals surface area contributed by atoms with Crippen molar-refractivity contribution >= 4 is 34.4 Å². The van der Waals surface area contributed by atoms with E-state index >= 15 is 0 Å². The lowest BCUT2D eigenvalue weighted by Gasteiger charge is -2.14. The minimum atomic E-state index is -0.429. The highest BCUT2D eigenvalue weighted by atomic mass is 32.2. The van der Waals surface area contributed by atoms with Crippen molar-refractivity contribution in [3.63, 3.8) is 0 Å². The van der Waals surface area contributed by atoms with E-state index in [0.717, 1.165) is 11.8 Å². The van der Waals surface area contributed by atoms with Crippen LogP contribution in [0, 0.1) is 31.0 Å². The zero-order valence-electron chi connectivity index (χ0n) is 19.2. The summed E-state index contributed by atoms with van der Waals surface area (Å²) in [6, 6.07) is 15.1. The van der Waals surface area contributed by atoms with Crippen LogP contribution in [0.4, 0.5) is 10.2 Å². The molecule has 4 rings (SSSR count). The van der Waals surface area contributed by atoms with Crippen molar-refractivity contribution in [2.24, 2.45) is 0 Å². The number of nitriles is 1. The van der Waals surface area contributed by atoms with Crippen molar-refractivity contribution < 1.29 is 9.18 Å². The average Bonchev–Trinajstić information content (AvgIpc) is 3.08. The number of nitrogens with zero attached hydrogens (tertiary/aromatic N) is 4. The number of anilines is 1. The lowest BCUT2D eigenvalue weighted by Crippen LogP contribution is -2.24. The topological polar surface area (TPSA) is 92.7 Å². The molecular formula is C26H22FN5O2S. The molecule has 0 radical (unpaired) electrons. The van der Waals surface area contributed by atoms with Crippen molar-refractivity contribution in [1.29, 1.82) is 5.26 Å². The van der Waals surface area contributed by atoms with Gasteiger partial charge in [0.2, 0.25) is 5.91 Å². The van der Waals surface area contributed by atoms with E-state index in [4.69, 9.17) is 0 Å². The second-order valence-corrected chi connectivity index (χ2v) is 8.76. The first kappa shape index (κ1) is 24.0. The van der Waals surface area contributed by atoms with Crippen LogP contribution in [0.25, 0.3) is 16.6 Å². The van der Waals surface area contributed by atoms with Crippen LogP contribution in [0.2, 0.25) is 0 Å². The number of halogens is 1. The smallest absolute Gasteiger partial charge is 0.262 e. The highest BCUT2D eigenvalue weighted by Gasteiger charge is 2.21. The Morgan fingerprint density at radius 3 is 2.74 bits per heavy atom. The van der Waals surface area contributed by atoms with E-state index < -0.39 is 11.7 Å². The van der Waals surface area contributed by atoms with E-state index in [1.807, 2.05) is 0 Å². The molecule has 0 saturated heterocycles. The SMILES string of the molecule is C=CCn1c(SCC(=O)Nc2c(C#N)c(C)c(C)n2-c2cccc(F)c2)nc2ccccc2c1=O. The minimum Gasteiger partial charge on any atom is -0.310 e. The summed E-state index contributed by atoms with van der Waals surface area (Å²) < 4.78 is 17.0. The Hall–Kier alpha value is -4.16. The predicted octanol–water partition coefficient (Wildman–Crippen LogP) is 4.73. The van der Waals surface area contributed by atoms with Crippen LogP contribution >= 0.6 is 11.8 Å². The molecule has 2 aromatic carbocycles. The van der Waals surface area contributed by atoms with Gasteiger partial charge >= 0.3 is 0 Å². The van der Waals surface area contributed by atoms with Gasteiger partial charge in [-0.05, 0) is 49.7 Å². The summed E-state index contributed by atoms with van der Waals surface area (Å²) in [5.74, 6) is -0.607. The lowest BCUT2D eigenvalue weighted by molar-refractivity contribution is -0.113. The molecule has 1 N–H and O–H groups in total. The molecule has 9 heteroatoms. The van der Waals surface area contributed by atoms with Gasteiger partial charge in [-0.25, -0.2) is 9.37 Å². The quantitative estimate of drug-likeness (QED) is 0.231. The van der Waals surface area contributed by atoms with Crippen molar-refractivity contribution in [3.05, 3.63) is 94.2 Å². The molecule has 35 heavy (non-hydrogen) atoms. The molecule has 0 unspecified atom stereocenters. The Bertz CT molecular complexity index is 1560. The van der Waals surface area contributed by atoms with E-state index in [9.17, 15) is 19.2 Å². The molecule has 0 bridgehead atoms. The molecule has 0 aliphatic rings. The number of amides is 1. The molecule has 7 nitrogen and oxygen atoms in total. The van der Waals surface area contributed by atoms with Crippen molar-refractivity contribution in [2.75, 3.05) is 11.1 Å². The minimum absolute atomic E-state index is 0.0563. The fourth-order valence-corrected chi connectivity index (χ4v) is 4.65. The molecular weight excluding hydrogens is 465 g/mol. The second-order valence-electron chi connectivity index (χ2n) is 7.81. The first-order valence-corrected chi connectivity index (χ1v) is 11.7. The molecule has 2 aromatic heterocycles. The van der Waals surface area contributed by atoms with Crippen LogP contribution in [0.3, 0.4) is 0 Å². The monoisotopic (exact) mass is 487 g/mol. The fraction of sp³-hybridized carbons (Fsp3) is 0.154. The second kappa shape index (κ2) is 9.99. The standard InChI is InChI=1S/C26H22FN5O2S/c1-4-12-31-25(34)20-10-5-6-11-22(20)29-26(31)35-15-23(33)30-24-21(14-28)16(2)17(3)32(24)19-9-7-8-18(27)13-19/h4-11,13H,1,12,15H2,2-3H3,(H,30,33). The number of hydrogen-bond donors (Lipinski definition) is 1. The van der Waals surface area contributed by atoms with Gasteiger partial charge in [0, 0.05) is 12.2 Å². The van der Waals surface area contributed by atoms with E-state index in [1.165, 1.54) is 16.7 Å². The highest BCUT2D eigenvalue weighted by molar-refractivity contribution is 7.99. The summed E-state index contributed by atoms with van der Waals surface area (Å²) in [6.07, 6.45) is 1.60. The number of rotatable bonds is 7. The number of hydrogen-bond acceptors (Lipinski definition) is 5. The maximum absolute atomic E-state index is 13.9. The number of fused-ring (bicyclic) bond motifs is 1. The molecule has 0 atom stereocenters. The molecule has 2 heterocycles. The van der Waals surface area contributed by atoms with E-state index in [0.29, 0.717) is 38.6 Å². The molecule has 176 valence electrons. The van der Waals surface area contributed by atoms with Crippen LogP contribution in [-0.4, -0.2) is 25.8 Å². The third-order valence-electron chi connectivity index (χ3n) is 5.62. The van der Waals surface area contributed by atoms with Crippen molar-refractivity contribution in [1.82, 2.24) is 14.1 Å². The third-order valence-corrected chi connectivity index (χ3v) is 6.60. The zero-order chi connectivity index (χ0) is 25.1. The Morgan fingerprint density at radius 1 is 1.26 bits per heavy atom. The number of nitrogens with one attached hydrogen (secondary N) is 1. The van der Waals surface area contributed by atoms with Gasteiger partial charge in [-0.2, -0.15) is 5.26 Å². The van der Waals surface area contributed by atoms with Gasteiger partial charge in [-0.15, -0.1) is 6.58 Å². The van der Waals surface area contributed by atoms with Gasteiger partial charge in [0.1, 0.15) is 17.7 Å². The van der Waals surface area contributed by atoms with E-state index in [1.54, 1.807) is 60.9 Å². The number of para-hydroxylation sites is 1. The molecule has 1 amide bonds. The number of aromatic nitrogens is 3. The number of allylic oxidation sites excluding steroid dienone is 1. The number of benzene rings is 2. The van der Waals surface area contributed by atoms with Gasteiger partial charge in [-0.1, -0.05) is 36.0 Å². The fourth-order valence-electron chi connectivity index (χ4n) is 3.85. The van der Waals surface area contributed by atoms with E-state index in [-0.39, 0.29) is 23.7 Å². The first-order valence-electron chi connectivity index (χ1n) is 10.8. The van der Waals surface area contributed by atoms with Gasteiger partial charge in [-0.3, -0.25) is 18.7 Å². The first-order chi connectivity index (χ1) is 16.8. The van der Waals surface area contributed by atoms with Gasteiger partial charge in [0.25, 0.3) is 5.56 Å². The molecule has 0 aliphatic heterocycles. The molecule has 0 fully saturated rings. The summed E-state index contributed by atoms with van der Waals surface area (Å²) in [7, 11) is 0. The predicted molar refractivity (Wildman–Crippen MR) is 135 cm³/mol. The third kappa shape index (κ3) is 4.61. The van der Waals surface area contributed by atoms with Crippen LogP contribution in [-0.2, 0) is 11.3 Å². The largest absolute Gasteiger partial charge is 0.310 e. The Labute approximate surface area is 205 Å². The summed E-state index contributed by atoms with van der Waals surface area (Å²) in [6.45, 7) is 7.54. The molecule has 4 aromatic rings. The van der Waals surface area contributed by atoms with Gasteiger partial charge in [0.05, 0.1) is 27.9 Å². The molecule has 0 aliphatic carbocycles. The Balaban J connectivity index is 1.65. The highest BCUT2D eigenvalue weighted by Crippen LogP contribution is 2.30. The van der Waals surface area contributed by atoms with Crippen LogP contribution in [0.15, 0.2) is 71.1 Å². The van der Waals surface area contributed by atoms with E-state index in [2.05, 4.69) is 22.9 Å². The zero-order valence-corrected chi connectivity index (χ0v) is 20.0. The molecule has 0 saturated carbocycles. The summed E-state index contributed by atoms with van der Waals surface area (Å²) in [4.78, 5) is 30.5. The maximum atomic E-state index is 13.9. The summed E-state index contributed by atoms with van der Waals surface area (Å²) >= 11 is 1.11. The summed E-state index contributed by atoms with van der Waals surface area (Å²) in [5, 5.41) is 13.4. The van der Waals surface area contributed by atoms with Crippen molar-refractivity contribution in [3.8, 4) is 11.8 Å². The average molecular weight is 488 g/mol. The normalized spacial score (nSPS) is 10.8. The van der Waals surface area contributed by atoms with Crippen LogP contribution in [0.5, 0.6) is 0 Å². The van der Waals surface area contributed by atoms with Gasteiger partial charge < -0.3 is 5.32 Å².